The lowest BCUT2D eigenvalue weighted by Crippen LogP contribution is -2.19. The molecule has 0 aliphatic heterocycles. The second-order valence-electron chi connectivity index (χ2n) is 10.7. The summed E-state index contributed by atoms with van der Waals surface area (Å²) in [5.74, 6) is 1.63. The lowest BCUT2D eigenvalue weighted by atomic mass is 9.98. The van der Waals surface area contributed by atoms with Crippen LogP contribution in [0.1, 0.15) is 43.4 Å². The summed E-state index contributed by atoms with van der Waals surface area (Å²) in [6, 6.07) is 23.0. The van der Waals surface area contributed by atoms with Crippen molar-refractivity contribution in [3.05, 3.63) is 100.0 Å². The van der Waals surface area contributed by atoms with Crippen LogP contribution in [-0.4, -0.2) is 25.1 Å². The number of ether oxygens (including phenoxy) is 1. The van der Waals surface area contributed by atoms with E-state index in [1.165, 1.54) is 22.8 Å². The molecule has 0 amide bonds. The van der Waals surface area contributed by atoms with E-state index >= 15 is 0 Å². The maximum atomic E-state index is 13.3. The van der Waals surface area contributed by atoms with Crippen LogP contribution < -0.4 is 15.2 Å². The number of pyridine rings is 1. The second kappa shape index (κ2) is 11.0. The van der Waals surface area contributed by atoms with Crippen molar-refractivity contribution >= 4 is 32.6 Å². The van der Waals surface area contributed by atoms with Crippen LogP contribution in [0.3, 0.4) is 0 Å². The van der Waals surface area contributed by atoms with Crippen LogP contribution in [0.25, 0.3) is 26.0 Å². The van der Waals surface area contributed by atoms with Crippen molar-refractivity contribution in [1.29, 1.82) is 0 Å². The predicted octanol–water partition coefficient (Wildman–Crippen LogP) is 7.96. The fraction of sp³-hybridized carbons (Fsp3) is 0.303. The minimum absolute atomic E-state index is 0.00478. The van der Waals surface area contributed by atoms with Gasteiger partial charge < -0.3 is 9.64 Å². The Morgan fingerprint density at radius 1 is 0.974 bits per heavy atom. The number of fused-ring (bicyclic) bond motifs is 2. The minimum Gasteiger partial charge on any atom is -0.493 e. The third kappa shape index (κ3) is 5.34. The molecule has 0 saturated carbocycles. The van der Waals surface area contributed by atoms with Crippen molar-refractivity contribution in [1.82, 2.24) is 4.40 Å². The normalized spacial score (nSPS) is 11.5. The highest BCUT2D eigenvalue weighted by molar-refractivity contribution is 7.21. The smallest absolute Gasteiger partial charge is 0.256 e. The fourth-order valence-corrected chi connectivity index (χ4v) is 6.41. The van der Waals surface area contributed by atoms with Gasteiger partial charge >= 0.3 is 0 Å². The van der Waals surface area contributed by atoms with Gasteiger partial charge in [-0.2, -0.15) is 0 Å². The maximum Gasteiger partial charge on any atom is 0.256 e. The van der Waals surface area contributed by atoms with Crippen molar-refractivity contribution in [2.45, 2.75) is 40.0 Å². The summed E-state index contributed by atoms with van der Waals surface area (Å²) in [7, 11) is 4.11. The van der Waals surface area contributed by atoms with Gasteiger partial charge in [0.25, 0.3) is 5.56 Å². The van der Waals surface area contributed by atoms with Crippen LogP contribution in [0.2, 0.25) is 0 Å². The number of aryl methyl sites for hydroxylation is 1. The third-order valence-corrected chi connectivity index (χ3v) is 8.21. The highest BCUT2D eigenvalue weighted by atomic mass is 32.1. The Bertz CT molecular complexity index is 1640. The standard InChI is InChI=1S/C33H36N2O2S/c1-22(2)10-9-17-37-29-16-15-26(18-23(29)3)30-21-35-31(36)20-27(32(34(4)5)33(35)38-30)19-25-13-8-12-24-11-6-7-14-28(24)25/h6-8,11-16,18,20-22H,9-10,17,19H2,1-5H3. The first-order valence-corrected chi connectivity index (χ1v) is 14.2. The van der Waals surface area contributed by atoms with Crippen LogP contribution >= 0.6 is 11.3 Å². The summed E-state index contributed by atoms with van der Waals surface area (Å²) in [6.07, 6.45) is 4.92. The predicted molar refractivity (Wildman–Crippen MR) is 162 cm³/mol. The molecule has 0 saturated heterocycles. The second-order valence-corrected chi connectivity index (χ2v) is 11.7. The van der Waals surface area contributed by atoms with Gasteiger partial charge in [0.2, 0.25) is 0 Å². The number of benzene rings is 3. The number of rotatable bonds is 9. The lowest BCUT2D eigenvalue weighted by molar-refractivity contribution is 0.296. The van der Waals surface area contributed by atoms with Crippen molar-refractivity contribution in [2.24, 2.45) is 5.92 Å². The molecule has 38 heavy (non-hydrogen) atoms. The molecule has 0 atom stereocenters. The molecule has 5 heteroatoms. The molecule has 0 spiro atoms. The number of hydrogen-bond donors (Lipinski definition) is 0. The first kappa shape index (κ1) is 26.1. The summed E-state index contributed by atoms with van der Waals surface area (Å²) in [6.45, 7) is 7.31. The molecule has 2 heterocycles. The lowest BCUT2D eigenvalue weighted by Gasteiger charge is -2.19. The van der Waals surface area contributed by atoms with E-state index in [1.807, 2.05) is 6.20 Å². The van der Waals surface area contributed by atoms with Crippen LogP contribution in [0.15, 0.2) is 77.7 Å². The Hall–Kier alpha value is -3.57. The van der Waals surface area contributed by atoms with Gasteiger partial charge in [0.15, 0.2) is 0 Å². The number of nitrogens with zero attached hydrogens (tertiary/aromatic N) is 2. The molecule has 2 aromatic heterocycles. The van der Waals surface area contributed by atoms with Gasteiger partial charge in [-0.15, -0.1) is 11.3 Å². The number of anilines is 1. The van der Waals surface area contributed by atoms with Crippen molar-refractivity contribution in [2.75, 3.05) is 25.6 Å². The molecule has 5 aromatic rings. The molecular weight excluding hydrogens is 488 g/mol. The van der Waals surface area contributed by atoms with Gasteiger partial charge in [0.1, 0.15) is 10.6 Å². The molecule has 4 nitrogen and oxygen atoms in total. The molecule has 0 fully saturated rings. The number of aromatic nitrogens is 1. The first-order chi connectivity index (χ1) is 18.3. The summed E-state index contributed by atoms with van der Waals surface area (Å²) in [5, 5.41) is 2.45. The van der Waals surface area contributed by atoms with Gasteiger partial charge in [-0.1, -0.05) is 56.3 Å². The molecule has 5 rings (SSSR count). The van der Waals surface area contributed by atoms with E-state index in [0.29, 0.717) is 12.3 Å². The van der Waals surface area contributed by atoms with E-state index in [0.717, 1.165) is 50.9 Å². The zero-order valence-electron chi connectivity index (χ0n) is 23.0. The molecule has 0 N–H and O–H groups in total. The Morgan fingerprint density at radius 3 is 2.53 bits per heavy atom. The van der Waals surface area contributed by atoms with Gasteiger partial charge in [0.05, 0.1) is 17.2 Å². The third-order valence-electron chi connectivity index (χ3n) is 7.06. The van der Waals surface area contributed by atoms with Crippen molar-refractivity contribution < 1.29 is 4.74 Å². The Morgan fingerprint density at radius 2 is 1.76 bits per heavy atom. The molecule has 0 radical (unpaired) electrons. The highest BCUT2D eigenvalue weighted by Gasteiger charge is 2.18. The van der Waals surface area contributed by atoms with Crippen LogP contribution in [0, 0.1) is 12.8 Å². The van der Waals surface area contributed by atoms with Crippen LogP contribution in [0.4, 0.5) is 5.69 Å². The van der Waals surface area contributed by atoms with E-state index in [2.05, 4.69) is 100 Å². The van der Waals surface area contributed by atoms with Gasteiger partial charge in [-0.3, -0.25) is 9.20 Å². The Labute approximate surface area is 229 Å². The van der Waals surface area contributed by atoms with E-state index in [1.54, 1.807) is 21.8 Å². The monoisotopic (exact) mass is 524 g/mol. The molecular formula is C33H36N2O2S. The Kier molecular flexibility index (Phi) is 7.57. The summed E-state index contributed by atoms with van der Waals surface area (Å²) >= 11 is 1.67. The van der Waals surface area contributed by atoms with Crippen molar-refractivity contribution in [3.63, 3.8) is 0 Å². The topological polar surface area (TPSA) is 34.0 Å². The van der Waals surface area contributed by atoms with E-state index in [4.69, 9.17) is 4.74 Å². The SMILES string of the molecule is Cc1cc(-c2cn3c(=O)cc(Cc4cccc5ccccc45)c(N(C)C)c3s2)ccc1OCCCC(C)C. The van der Waals surface area contributed by atoms with E-state index < -0.39 is 0 Å². The van der Waals surface area contributed by atoms with Gasteiger partial charge in [-0.25, -0.2) is 0 Å². The molecule has 196 valence electrons. The number of hydrogen-bond acceptors (Lipinski definition) is 4. The van der Waals surface area contributed by atoms with Crippen LogP contribution in [-0.2, 0) is 6.42 Å². The summed E-state index contributed by atoms with van der Waals surface area (Å²) < 4.78 is 7.85. The quantitative estimate of drug-likeness (QED) is 0.183. The minimum atomic E-state index is 0.00478. The number of thiazole rings is 1. The largest absolute Gasteiger partial charge is 0.493 e. The molecule has 0 unspecified atom stereocenters. The Balaban J connectivity index is 1.50. The first-order valence-electron chi connectivity index (χ1n) is 13.4. The average molecular weight is 525 g/mol. The van der Waals surface area contributed by atoms with Crippen molar-refractivity contribution in [3.8, 4) is 16.2 Å². The van der Waals surface area contributed by atoms with E-state index in [9.17, 15) is 4.79 Å². The van der Waals surface area contributed by atoms with Crippen LogP contribution in [0.5, 0.6) is 5.75 Å². The average Bonchev–Trinajstić information content (AvgIpc) is 3.33. The molecule has 0 bridgehead atoms. The molecule has 0 aliphatic carbocycles. The maximum absolute atomic E-state index is 13.3. The fourth-order valence-electron chi connectivity index (χ4n) is 5.14. The summed E-state index contributed by atoms with van der Waals surface area (Å²) in [5.41, 5.74) is 5.59. The molecule has 0 aliphatic rings. The zero-order valence-corrected chi connectivity index (χ0v) is 23.8. The summed E-state index contributed by atoms with van der Waals surface area (Å²) in [4.78, 5) is 17.5. The van der Waals surface area contributed by atoms with Gasteiger partial charge in [0, 0.05) is 32.8 Å². The van der Waals surface area contributed by atoms with E-state index in [-0.39, 0.29) is 5.56 Å². The zero-order chi connectivity index (χ0) is 26.8. The van der Waals surface area contributed by atoms with Gasteiger partial charge in [-0.05, 0) is 76.9 Å². The highest BCUT2D eigenvalue weighted by Crippen LogP contribution is 2.37. The molecule has 3 aromatic carbocycles.